The maximum Gasteiger partial charge on any atom is 0.181 e. The highest BCUT2D eigenvalue weighted by Gasteiger charge is 2.14. The summed E-state index contributed by atoms with van der Waals surface area (Å²) in [4.78, 5) is 4.54. The monoisotopic (exact) mass is 257 g/mol. The van der Waals surface area contributed by atoms with Gasteiger partial charge in [-0.15, -0.1) is 0 Å². The second-order valence-electron chi connectivity index (χ2n) is 5.00. The van der Waals surface area contributed by atoms with E-state index in [0.717, 1.165) is 36.7 Å². The Balaban J connectivity index is 1.59. The molecule has 100 valence electrons. The first-order chi connectivity index (χ1) is 9.42. The van der Waals surface area contributed by atoms with E-state index < -0.39 is 0 Å². The average molecular weight is 257 g/mol. The van der Waals surface area contributed by atoms with Crippen molar-refractivity contribution in [3.05, 3.63) is 36.2 Å². The molecule has 1 aromatic carbocycles. The number of rotatable bonds is 4. The fourth-order valence-electron chi connectivity index (χ4n) is 2.46. The lowest BCUT2D eigenvalue weighted by Gasteiger charge is -2.21. The molecule has 0 spiro atoms. The topological polar surface area (TPSA) is 50.8 Å². The maximum absolute atomic E-state index is 5.73. The summed E-state index contributed by atoms with van der Waals surface area (Å²) in [5, 5.41) is 7.30. The van der Waals surface area contributed by atoms with Gasteiger partial charge in [-0.1, -0.05) is 30.3 Å². The molecule has 19 heavy (non-hydrogen) atoms. The molecule has 4 nitrogen and oxygen atoms in total. The Hall–Kier alpha value is -1.68. The van der Waals surface area contributed by atoms with Gasteiger partial charge in [0.05, 0.1) is 6.10 Å². The molecule has 1 fully saturated rings. The molecule has 0 aliphatic carbocycles. The number of ether oxygens (including phenoxy) is 1. The number of H-pyrrole nitrogens is 1. The van der Waals surface area contributed by atoms with Crippen LogP contribution in [0, 0.1) is 0 Å². The van der Waals surface area contributed by atoms with Gasteiger partial charge in [-0.25, -0.2) is 4.98 Å². The summed E-state index contributed by atoms with van der Waals surface area (Å²) in [7, 11) is 0. The van der Waals surface area contributed by atoms with Crippen LogP contribution in [0.2, 0.25) is 0 Å². The number of hydrogen-bond donors (Lipinski definition) is 1. The third kappa shape index (κ3) is 3.20. The van der Waals surface area contributed by atoms with Gasteiger partial charge in [-0.3, -0.25) is 5.10 Å². The van der Waals surface area contributed by atoms with E-state index in [1.807, 2.05) is 30.3 Å². The van der Waals surface area contributed by atoms with E-state index in [1.54, 1.807) is 0 Å². The van der Waals surface area contributed by atoms with Gasteiger partial charge in [0.15, 0.2) is 5.82 Å². The minimum Gasteiger partial charge on any atom is -0.378 e. The SMILES string of the molecule is c1ccc(-c2n[nH]c(CCC3CCCCO3)n2)cc1. The summed E-state index contributed by atoms with van der Waals surface area (Å²) in [6, 6.07) is 10.0. The van der Waals surface area contributed by atoms with Crippen molar-refractivity contribution in [2.75, 3.05) is 6.61 Å². The van der Waals surface area contributed by atoms with Crippen molar-refractivity contribution < 1.29 is 4.74 Å². The van der Waals surface area contributed by atoms with Crippen LogP contribution in [0.4, 0.5) is 0 Å². The van der Waals surface area contributed by atoms with Crippen LogP contribution in [0.15, 0.2) is 30.3 Å². The summed E-state index contributed by atoms with van der Waals surface area (Å²) >= 11 is 0. The molecular formula is C15H19N3O. The van der Waals surface area contributed by atoms with E-state index in [4.69, 9.17) is 4.74 Å². The molecule has 1 aliphatic rings. The summed E-state index contributed by atoms with van der Waals surface area (Å²) in [6.45, 7) is 0.913. The molecule has 4 heteroatoms. The molecule has 1 N–H and O–H groups in total. The Morgan fingerprint density at radius 3 is 2.89 bits per heavy atom. The Morgan fingerprint density at radius 1 is 1.21 bits per heavy atom. The Labute approximate surface area is 113 Å². The van der Waals surface area contributed by atoms with Gasteiger partial charge in [-0.05, 0) is 25.7 Å². The summed E-state index contributed by atoms with van der Waals surface area (Å²) in [5.74, 6) is 1.73. The Morgan fingerprint density at radius 2 is 2.11 bits per heavy atom. The molecule has 1 aliphatic heterocycles. The first-order valence-electron chi connectivity index (χ1n) is 7.00. The van der Waals surface area contributed by atoms with E-state index in [2.05, 4.69) is 15.2 Å². The van der Waals surface area contributed by atoms with E-state index >= 15 is 0 Å². The van der Waals surface area contributed by atoms with Crippen LogP contribution in [-0.4, -0.2) is 27.9 Å². The summed E-state index contributed by atoms with van der Waals surface area (Å²) in [6.07, 6.45) is 6.01. The van der Waals surface area contributed by atoms with Crippen LogP contribution in [0.1, 0.15) is 31.5 Å². The molecular weight excluding hydrogens is 238 g/mol. The maximum atomic E-state index is 5.73. The van der Waals surface area contributed by atoms with Crippen molar-refractivity contribution in [2.45, 2.75) is 38.2 Å². The number of aromatic nitrogens is 3. The van der Waals surface area contributed by atoms with Crippen molar-refractivity contribution in [1.82, 2.24) is 15.2 Å². The molecule has 1 saturated heterocycles. The van der Waals surface area contributed by atoms with Crippen molar-refractivity contribution in [3.8, 4) is 11.4 Å². The summed E-state index contributed by atoms with van der Waals surface area (Å²) in [5.41, 5.74) is 1.05. The third-order valence-corrected chi connectivity index (χ3v) is 3.54. The van der Waals surface area contributed by atoms with Gasteiger partial charge in [0.25, 0.3) is 0 Å². The zero-order chi connectivity index (χ0) is 12.9. The molecule has 1 aromatic heterocycles. The molecule has 1 atom stereocenters. The van der Waals surface area contributed by atoms with Crippen LogP contribution in [0.5, 0.6) is 0 Å². The fourth-order valence-corrected chi connectivity index (χ4v) is 2.46. The minimum atomic E-state index is 0.402. The normalized spacial score (nSPS) is 19.5. The van der Waals surface area contributed by atoms with Crippen molar-refractivity contribution >= 4 is 0 Å². The van der Waals surface area contributed by atoms with E-state index in [-0.39, 0.29) is 0 Å². The van der Waals surface area contributed by atoms with Crippen LogP contribution in [0.25, 0.3) is 11.4 Å². The number of nitrogens with one attached hydrogen (secondary N) is 1. The molecule has 0 amide bonds. The predicted molar refractivity (Wildman–Crippen MR) is 73.7 cm³/mol. The molecule has 3 rings (SSSR count). The van der Waals surface area contributed by atoms with Crippen molar-refractivity contribution in [1.29, 1.82) is 0 Å². The number of aryl methyl sites for hydroxylation is 1. The zero-order valence-corrected chi connectivity index (χ0v) is 11.0. The third-order valence-electron chi connectivity index (χ3n) is 3.54. The lowest BCUT2D eigenvalue weighted by atomic mass is 10.0. The first-order valence-corrected chi connectivity index (χ1v) is 7.00. The molecule has 1 unspecified atom stereocenters. The van der Waals surface area contributed by atoms with Crippen molar-refractivity contribution in [2.24, 2.45) is 0 Å². The van der Waals surface area contributed by atoms with Gasteiger partial charge in [0, 0.05) is 18.6 Å². The predicted octanol–water partition coefficient (Wildman–Crippen LogP) is 2.97. The number of nitrogens with zero attached hydrogens (tertiary/aromatic N) is 2. The molecule has 0 radical (unpaired) electrons. The first kappa shape index (κ1) is 12.4. The quantitative estimate of drug-likeness (QED) is 0.916. The van der Waals surface area contributed by atoms with Gasteiger partial charge >= 0.3 is 0 Å². The number of hydrogen-bond acceptors (Lipinski definition) is 3. The zero-order valence-electron chi connectivity index (χ0n) is 11.0. The van der Waals surface area contributed by atoms with Gasteiger partial charge < -0.3 is 4.74 Å². The number of benzene rings is 1. The highest BCUT2D eigenvalue weighted by molar-refractivity contribution is 5.53. The van der Waals surface area contributed by atoms with Gasteiger partial charge in [0.1, 0.15) is 5.82 Å². The van der Waals surface area contributed by atoms with Crippen LogP contribution in [-0.2, 0) is 11.2 Å². The highest BCUT2D eigenvalue weighted by Crippen LogP contribution is 2.18. The Bertz CT molecular complexity index is 503. The van der Waals surface area contributed by atoms with E-state index in [1.165, 1.54) is 19.3 Å². The molecule has 0 bridgehead atoms. The second-order valence-corrected chi connectivity index (χ2v) is 5.00. The second kappa shape index (κ2) is 5.97. The van der Waals surface area contributed by atoms with E-state index in [9.17, 15) is 0 Å². The standard InChI is InChI=1S/C15H19N3O/c1-2-6-12(7-3-1)15-16-14(17-18-15)10-9-13-8-4-5-11-19-13/h1-3,6-7,13H,4-5,8-11H2,(H,16,17,18). The van der Waals surface area contributed by atoms with Crippen LogP contribution in [0.3, 0.4) is 0 Å². The van der Waals surface area contributed by atoms with Crippen molar-refractivity contribution in [3.63, 3.8) is 0 Å². The van der Waals surface area contributed by atoms with Gasteiger partial charge in [-0.2, -0.15) is 5.10 Å². The molecule has 2 heterocycles. The fraction of sp³-hybridized carbons (Fsp3) is 0.467. The molecule has 2 aromatic rings. The van der Waals surface area contributed by atoms with E-state index in [0.29, 0.717) is 6.10 Å². The lowest BCUT2D eigenvalue weighted by molar-refractivity contribution is 0.0112. The minimum absolute atomic E-state index is 0.402. The molecule has 0 saturated carbocycles. The lowest BCUT2D eigenvalue weighted by Crippen LogP contribution is -2.19. The van der Waals surface area contributed by atoms with Gasteiger partial charge in [0.2, 0.25) is 0 Å². The van der Waals surface area contributed by atoms with Crippen LogP contribution >= 0.6 is 0 Å². The smallest absolute Gasteiger partial charge is 0.181 e. The summed E-state index contributed by atoms with van der Waals surface area (Å²) < 4.78 is 5.73. The largest absolute Gasteiger partial charge is 0.378 e. The van der Waals surface area contributed by atoms with Crippen LogP contribution < -0.4 is 0 Å². The average Bonchev–Trinajstić information content (AvgIpc) is 2.96. The Kier molecular flexibility index (Phi) is 3.89. The number of aromatic amines is 1. The highest BCUT2D eigenvalue weighted by atomic mass is 16.5.